The van der Waals surface area contributed by atoms with Crippen LogP contribution >= 0.6 is 39.5 Å². The third-order valence-electron chi connectivity index (χ3n) is 5.61. The average molecular weight is 612 g/mol. The van der Waals surface area contributed by atoms with E-state index in [4.69, 9.17) is 9.47 Å². The van der Waals surface area contributed by atoms with Gasteiger partial charge < -0.3 is 20.1 Å². The van der Waals surface area contributed by atoms with Crippen molar-refractivity contribution in [1.29, 1.82) is 0 Å². The lowest BCUT2D eigenvalue weighted by Crippen LogP contribution is -2.40. The van der Waals surface area contributed by atoms with Crippen LogP contribution in [0.3, 0.4) is 0 Å². The van der Waals surface area contributed by atoms with Gasteiger partial charge in [-0.1, -0.05) is 64.8 Å². The van der Waals surface area contributed by atoms with E-state index in [2.05, 4.69) is 38.7 Å². The zero-order chi connectivity index (χ0) is 26.7. The fourth-order valence-electron chi connectivity index (χ4n) is 3.53. The van der Waals surface area contributed by atoms with E-state index < -0.39 is 0 Å². The second-order valence-corrected chi connectivity index (χ2v) is 11.6. The van der Waals surface area contributed by atoms with E-state index in [-0.39, 0.29) is 28.9 Å². The zero-order valence-corrected chi connectivity index (χ0v) is 25.0. The van der Waals surface area contributed by atoms with Crippen LogP contribution in [-0.2, 0) is 20.1 Å². The fourth-order valence-corrected chi connectivity index (χ4v) is 5.96. The molecule has 2 N–H and O–H groups in total. The van der Waals surface area contributed by atoms with E-state index in [0.717, 1.165) is 54.0 Å². The number of alkyl halides is 1. The number of hydrogen-bond acceptors (Lipinski definition) is 7. The number of carbonyl (C=O) groups excluding carboxylic acids is 2. The summed E-state index contributed by atoms with van der Waals surface area (Å²) in [5.74, 6) is 2.72. The van der Waals surface area contributed by atoms with E-state index in [0.29, 0.717) is 13.0 Å². The van der Waals surface area contributed by atoms with Crippen molar-refractivity contribution in [1.82, 2.24) is 10.6 Å². The molecule has 2 atom stereocenters. The number of halogens is 1. The summed E-state index contributed by atoms with van der Waals surface area (Å²) < 4.78 is 10.9. The highest BCUT2D eigenvalue weighted by molar-refractivity contribution is 9.09. The molecule has 0 saturated heterocycles. The first kappa shape index (κ1) is 31.7. The molecule has 2 aromatic carbocycles. The predicted octanol–water partition coefficient (Wildman–Crippen LogP) is 5.61. The SMILES string of the molecule is COc1ccc(CSCCNCC(=O)NCC(SC(OC)c2ccccc2)C(=O)CCCCCBr)cc1. The first-order valence-corrected chi connectivity index (χ1v) is 15.8. The molecule has 2 unspecified atom stereocenters. The van der Waals surface area contributed by atoms with Crippen LogP contribution in [0.15, 0.2) is 54.6 Å². The van der Waals surface area contributed by atoms with Crippen LogP contribution in [0.1, 0.15) is 42.2 Å². The Balaban J connectivity index is 1.75. The summed E-state index contributed by atoms with van der Waals surface area (Å²) in [6, 6.07) is 17.9. The molecule has 37 heavy (non-hydrogen) atoms. The Morgan fingerprint density at radius 3 is 2.43 bits per heavy atom. The number of benzene rings is 2. The lowest BCUT2D eigenvalue weighted by molar-refractivity contribution is -0.120. The summed E-state index contributed by atoms with van der Waals surface area (Å²) in [5, 5.41) is 6.73. The monoisotopic (exact) mass is 610 g/mol. The van der Waals surface area contributed by atoms with Crippen molar-refractivity contribution < 1.29 is 19.1 Å². The van der Waals surface area contributed by atoms with Crippen molar-refractivity contribution >= 4 is 51.1 Å². The number of unbranched alkanes of at least 4 members (excludes halogenated alkanes) is 2. The molecule has 0 spiro atoms. The molecule has 9 heteroatoms. The maximum absolute atomic E-state index is 13.0. The molecular formula is C28H39BrN2O4S2. The van der Waals surface area contributed by atoms with Gasteiger partial charge in [0.05, 0.1) is 18.9 Å². The van der Waals surface area contributed by atoms with Gasteiger partial charge in [0.25, 0.3) is 0 Å². The standard InChI is InChI=1S/C28H39BrN2O4S2/c1-34-24-14-12-22(13-15-24)21-36-18-17-30-20-27(33)31-19-26(25(32)11-7-4-8-16-29)37-28(35-2)23-9-5-3-6-10-23/h3,5-6,9-10,12-15,26,28,30H,4,7-8,11,16-21H2,1-2H3,(H,31,33). The molecule has 0 saturated carbocycles. The number of hydrogen-bond donors (Lipinski definition) is 2. The Kier molecular flexibility index (Phi) is 16.7. The van der Waals surface area contributed by atoms with Gasteiger partial charge in [0.2, 0.25) is 5.91 Å². The third-order valence-corrected chi connectivity index (χ3v) is 8.67. The van der Waals surface area contributed by atoms with E-state index in [1.165, 1.54) is 17.3 Å². The van der Waals surface area contributed by atoms with E-state index >= 15 is 0 Å². The highest BCUT2D eigenvalue weighted by Crippen LogP contribution is 2.33. The van der Waals surface area contributed by atoms with Gasteiger partial charge in [-0.2, -0.15) is 11.8 Å². The number of thioether (sulfide) groups is 2. The second kappa shape index (κ2) is 19.5. The van der Waals surface area contributed by atoms with Crippen molar-refractivity contribution in [2.75, 3.05) is 44.9 Å². The molecule has 0 aliphatic carbocycles. The zero-order valence-electron chi connectivity index (χ0n) is 21.7. The molecule has 0 aliphatic rings. The lowest BCUT2D eigenvalue weighted by Gasteiger charge is -2.22. The normalized spacial score (nSPS) is 12.6. The van der Waals surface area contributed by atoms with E-state index in [9.17, 15) is 9.59 Å². The number of rotatable bonds is 20. The van der Waals surface area contributed by atoms with Crippen molar-refractivity contribution in [2.24, 2.45) is 0 Å². The highest BCUT2D eigenvalue weighted by Gasteiger charge is 2.25. The van der Waals surface area contributed by atoms with E-state index in [1.807, 2.05) is 54.2 Å². The van der Waals surface area contributed by atoms with Gasteiger partial charge in [0, 0.05) is 43.5 Å². The van der Waals surface area contributed by atoms with Crippen molar-refractivity contribution in [3.8, 4) is 5.75 Å². The molecule has 204 valence electrons. The largest absolute Gasteiger partial charge is 0.497 e. The molecule has 0 heterocycles. The molecule has 1 amide bonds. The number of carbonyl (C=O) groups is 2. The fraction of sp³-hybridized carbons (Fsp3) is 0.500. The molecule has 2 aromatic rings. The number of ketones is 1. The Bertz CT molecular complexity index is 903. The molecule has 0 aliphatic heterocycles. The Labute approximate surface area is 238 Å². The first-order chi connectivity index (χ1) is 18.1. The smallest absolute Gasteiger partial charge is 0.234 e. The molecule has 0 bridgehead atoms. The summed E-state index contributed by atoms with van der Waals surface area (Å²) in [6.45, 7) is 1.26. The molecule has 0 aromatic heterocycles. The van der Waals surface area contributed by atoms with E-state index in [1.54, 1.807) is 14.2 Å². The maximum Gasteiger partial charge on any atom is 0.234 e. The molecule has 0 radical (unpaired) electrons. The van der Waals surface area contributed by atoms with Gasteiger partial charge in [-0.15, -0.1) is 11.8 Å². The second-order valence-electron chi connectivity index (χ2n) is 8.45. The van der Waals surface area contributed by atoms with Crippen molar-refractivity contribution in [2.45, 2.75) is 42.1 Å². The quantitative estimate of drug-likeness (QED) is 0.115. The number of methoxy groups -OCH3 is 2. The van der Waals surface area contributed by atoms with Crippen molar-refractivity contribution in [3.05, 3.63) is 65.7 Å². The summed E-state index contributed by atoms with van der Waals surface area (Å²) in [5.41, 5.74) is 1.98. The number of ether oxygens (including phenoxy) is 2. The maximum atomic E-state index is 13.0. The third kappa shape index (κ3) is 13.2. The summed E-state index contributed by atoms with van der Waals surface area (Å²) in [4.78, 5) is 25.5. The summed E-state index contributed by atoms with van der Waals surface area (Å²) in [6.07, 6.45) is 3.42. The van der Waals surface area contributed by atoms with Crippen LogP contribution in [0.2, 0.25) is 0 Å². The molecular weight excluding hydrogens is 572 g/mol. The van der Waals surface area contributed by atoms with Crippen LogP contribution in [0, 0.1) is 0 Å². The van der Waals surface area contributed by atoms with Crippen molar-refractivity contribution in [3.63, 3.8) is 0 Å². The topological polar surface area (TPSA) is 76.7 Å². The Hall–Kier alpha value is -1.52. The summed E-state index contributed by atoms with van der Waals surface area (Å²) >= 11 is 6.72. The van der Waals surface area contributed by atoms with Crippen LogP contribution < -0.4 is 15.4 Å². The average Bonchev–Trinajstić information content (AvgIpc) is 2.93. The molecule has 2 rings (SSSR count). The van der Waals surface area contributed by atoms with Crippen LogP contribution in [0.5, 0.6) is 5.75 Å². The minimum absolute atomic E-state index is 0.105. The van der Waals surface area contributed by atoms with Crippen LogP contribution in [-0.4, -0.2) is 61.9 Å². The van der Waals surface area contributed by atoms with Crippen LogP contribution in [0.4, 0.5) is 0 Å². The first-order valence-electron chi connectivity index (χ1n) is 12.6. The van der Waals surface area contributed by atoms with Gasteiger partial charge in [-0.3, -0.25) is 9.59 Å². The Morgan fingerprint density at radius 1 is 1.00 bits per heavy atom. The van der Waals surface area contributed by atoms with Gasteiger partial charge in [0.15, 0.2) is 0 Å². The predicted molar refractivity (Wildman–Crippen MR) is 160 cm³/mol. The molecule has 0 fully saturated rings. The molecule has 6 nitrogen and oxygen atoms in total. The van der Waals surface area contributed by atoms with Gasteiger partial charge in [-0.25, -0.2) is 0 Å². The minimum atomic E-state index is -0.363. The number of Topliss-reactive ketones (excluding diaryl/α,β-unsaturated/α-hetero) is 1. The minimum Gasteiger partial charge on any atom is -0.497 e. The van der Waals surface area contributed by atoms with Gasteiger partial charge in [0.1, 0.15) is 17.0 Å². The summed E-state index contributed by atoms with van der Waals surface area (Å²) in [7, 11) is 3.31. The number of amides is 1. The number of nitrogens with one attached hydrogen (secondary N) is 2. The van der Waals surface area contributed by atoms with Gasteiger partial charge >= 0.3 is 0 Å². The Morgan fingerprint density at radius 2 is 1.76 bits per heavy atom. The van der Waals surface area contributed by atoms with Crippen LogP contribution in [0.25, 0.3) is 0 Å². The highest BCUT2D eigenvalue weighted by atomic mass is 79.9. The van der Waals surface area contributed by atoms with Gasteiger partial charge in [-0.05, 0) is 36.1 Å². The lowest BCUT2D eigenvalue weighted by atomic mass is 10.1.